The summed E-state index contributed by atoms with van der Waals surface area (Å²) in [5, 5.41) is 14.5. The van der Waals surface area contributed by atoms with E-state index in [2.05, 4.69) is 57.8 Å². The molecule has 0 saturated heterocycles. The Balaban J connectivity index is 2.20. The van der Waals surface area contributed by atoms with Crippen molar-refractivity contribution in [2.45, 2.75) is 85.0 Å². The number of fused-ring (bicyclic) bond motifs is 3. The van der Waals surface area contributed by atoms with Crippen molar-refractivity contribution in [2.75, 3.05) is 6.61 Å². The molecular formula is C27H37NO3. The maximum Gasteiger partial charge on any atom is 0.309 e. The minimum atomic E-state index is -0.674. The van der Waals surface area contributed by atoms with Gasteiger partial charge in [0, 0.05) is 5.56 Å². The summed E-state index contributed by atoms with van der Waals surface area (Å²) in [6, 6.07) is 4.66. The lowest BCUT2D eigenvalue weighted by Crippen LogP contribution is -2.52. The van der Waals surface area contributed by atoms with Crippen LogP contribution in [0.4, 0.5) is 0 Å². The zero-order chi connectivity index (χ0) is 23.0. The largest absolute Gasteiger partial charge is 0.481 e. The van der Waals surface area contributed by atoms with Crippen LogP contribution >= 0.6 is 0 Å². The maximum absolute atomic E-state index is 12.3. The van der Waals surface area contributed by atoms with Crippen LogP contribution in [0.2, 0.25) is 0 Å². The topological polar surface area (TPSA) is 58.9 Å². The van der Waals surface area contributed by atoms with Crippen LogP contribution in [-0.2, 0) is 21.5 Å². The lowest BCUT2D eigenvalue weighted by Gasteiger charge is -2.53. The molecule has 0 heterocycles. The van der Waals surface area contributed by atoms with Crippen LogP contribution in [0.15, 0.2) is 17.3 Å². The number of hydrogen-bond donors (Lipinski definition) is 1. The van der Waals surface area contributed by atoms with Crippen molar-refractivity contribution in [3.8, 4) is 12.3 Å². The number of hydrogen-bond acceptors (Lipinski definition) is 3. The van der Waals surface area contributed by atoms with Gasteiger partial charge in [0.1, 0.15) is 0 Å². The number of terminal acetylenes is 1. The van der Waals surface area contributed by atoms with E-state index in [4.69, 9.17) is 11.3 Å². The molecule has 4 nitrogen and oxygen atoms in total. The fourth-order valence-corrected chi connectivity index (χ4v) is 6.10. The van der Waals surface area contributed by atoms with Crippen molar-refractivity contribution in [1.29, 1.82) is 0 Å². The number of carboxylic acid groups (broad SMARTS) is 1. The van der Waals surface area contributed by atoms with E-state index in [9.17, 15) is 9.90 Å². The van der Waals surface area contributed by atoms with E-state index in [1.807, 2.05) is 6.92 Å². The van der Waals surface area contributed by atoms with Crippen molar-refractivity contribution in [2.24, 2.45) is 22.4 Å². The maximum atomic E-state index is 12.3. The fraction of sp³-hybridized carbons (Fsp3) is 0.630. The van der Waals surface area contributed by atoms with Gasteiger partial charge in [0.2, 0.25) is 0 Å². The lowest BCUT2D eigenvalue weighted by molar-refractivity contribution is -0.157. The zero-order valence-electron chi connectivity index (χ0n) is 19.9. The zero-order valence-corrected chi connectivity index (χ0v) is 19.9. The average Bonchev–Trinajstić information content (AvgIpc) is 2.70. The van der Waals surface area contributed by atoms with Crippen LogP contribution in [0.5, 0.6) is 0 Å². The molecule has 0 spiro atoms. The molecule has 2 aliphatic carbocycles. The predicted octanol–water partition coefficient (Wildman–Crippen LogP) is 5.91. The first-order chi connectivity index (χ1) is 14.6. The third-order valence-corrected chi connectivity index (χ3v) is 7.77. The van der Waals surface area contributed by atoms with Gasteiger partial charge < -0.3 is 9.94 Å². The quantitative estimate of drug-likeness (QED) is 0.268. The molecule has 0 aliphatic heterocycles. The number of nitrogens with zero attached hydrogens (tertiary/aromatic N) is 1. The Labute approximate surface area is 187 Å². The molecular weight excluding hydrogens is 386 g/mol. The van der Waals surface area contributed by atoms with Crippen molar-refractivity contribution in [1.82, 2.24) is 0 Å². The third-order valence-electron chi connectivity index (χ3n) is 7.77. The first kappa shape index (κ1) is 23.4. The molecule has 4 heteroatoms. The van der Waals surface area contributed by atoms with Gasteiger partial charge >= 0.3 is 5.97 Å². The Hall–Kier alpha value is -2.28. The summed E-state index contributed by atoms with van der Waals surface area (Å²) in [7, 11) is 0. The highest BCUT2D eigenvalue weighted by molar-refractivity contribution is 6.03. The third kappa shape index (κ3) is 4.00. The molecule has 168 valence electrons. The Morgan fingerprint density at radius 2 is 2.00 bits per heavy atom. The van der Waals surface area contributed by atoms with E-state index < -0.39 is 11.4 Å². The molecule has 0 aromatic heterocycles. The van der Waals surface area contributed by atoms with E-state index in [1.165, 1.54) is 16.7 Å². The molecule has 1 N–H and O–H groups in total. The summed E-state index contributed by atoms with van der Waals surface area (Å²) in [5.74, 6) is 2.48. The van der Waals surface area contributed by atoms with Gasteiger partial charge in [-0.1, -0.05) is 58.2 Å². The molecule has 1 aromatic carbocycles. The van der Waals surface area contributed by atoms with E-state index in [1.54, 1.807) is 0 Å². The van der Waals surface area contributed by atoms with Crippen molar-refractivity contribution in [3.05, 3.63) is 34.4 Å². The number of carbonyl (C=O) groups is 1. The number of aliphatic carboxylic acids is 1. The smallest absolute Gasteiger partial charge is 0.309 e. The molecule has 0 amide bonds. The minimum absolute atomic E-state index is 0.133. The fourth-order valence-electron chi connectivity index (χ4n) is 6.10. The van der Waals surface area contributed by atoms with E-state index in [0.717, 1.165) is 43.4 Å². The van der Waals surface area contributed by atoms with E-state index in [-0.39, 0.29) is 23.9 Å². The van der Waals surface area contributed by atoms with Gasteiger partial charge in [-0.2, -0.15) is 0 Å². The van der Waals surface area contributed by atoms with Crippen LogP contribution in [0.25, 0.3) is 0 Å². The summed E-state index contributed by atoms with van der Waals surface area (Å²) < 4.78 is 0. The minimum Gasteiger partial charge on any atom is -0.481 e. The van der Waals surface area contributed by atoms with Gasteiger partial charge in [-0.25, -0.2) is 0 Å². The molecule has 3 rings (SSSR count). The highest BCUT2D eigenvalue weighted by atomic mass is 16.6. The van der Waals surface area contributed by atoms with Crippen molar-refractivity contribution in [3.63, 3.8) is 0 Å². The van der Waals surface area contributed by atoms with Crippen LogP contribution < -0.4 is 0 Å². The summed E-state index contributed by atoms with van der Waals surface area (Å²) >= 11 is 0. The van der Waals surface area contributed by atoms with Gasteiger partial charge in [0.05, 0.1) is 11.1 Å². The molecule has 1 fully saturated rings. The molecule has 31 heavy (non-hydrogen) atoms. The van der Waals surface area contributed by atoms with E-state index in [0.29, 0.717) is 5.92 Å². The molecule has 2 aliphatic rings. The number of oxime groups is 1. The number of aryl methyl sites for hydroxylation is 1. The first-order valence-electron chi connectivity index (χ1n) is 11.6. The normalized spacial score (nSPS) is 28.1. The summed E-state index contributed by atoms with van der Waals surface area (Å²) in [4.78, 5) is 17.7. The number of carboxylic acids is 1. The highest BCUT2D eigenvalue weighted by Crippen LogP contribution is 2.57. The van der Waals surface area contributed by atoms with Crippen molar-refractivity contribution >= 4 is 11.7 Å². The Bertz CT molecular complexity index is 923. The van der Waals surface area contributed by atoms with Crippen LogP contribution in [-0.4, -0.2) is 23.4 Å². The Morgan fingerprint density at radius 3 is 2.58 bits per heavy atom. The van der Waals surface area contributed by atoms with Crippen LogP contribution in [0.1, 0.15) is 95.4 Å². The van der Waals surface area contributed by atoms with E-state index >= 15 is 0 Å². The second-order valence-electron chi connectivity index (χ2n) is 10.4. The Kier molecular flexibility index (Phi) is 6.56. The van der Waals surface area contributed by atoms with Crippen molar-refractivity contribution < 1.29 is 14.7 Å². The average molecular weight is 424 g/mol. The molecule has 2 unspecified atom stereocenters. The number of rotatable bonds is 6. The number of benzene rings is 1. The monoisotopic (exact) mass is 423 g/mol. The van der Waals surface area contributed by atoms with Gasteiger partial charge in [0.25, 0.3) is 0 Å². The second-order valence-corrected chi connectivity index (χ2v) is 10.4. The first-order valence-corrected chi connectivity index (χ1v) is 11.6. The highest BCUT2D eigenvalue weighted by Gasteiger charge is 2.55. The van der Waals surface area contributed by atoms with Gasteiger partial charge in [0.15, 0.2) is 6.61 Å². The molecule has 0 bridgehead atoms. The Morgan fingerprint density at radius 1 is 1.29 bits per heavy atom. The second kappa shape index (κ2) is 8.69. The summed E-state index contributed by atoms with van der Waals surface area (Å²) in [6.45, 7) is 13.1. The SMILES string of the molecule is C#CCO/N=C(/c1cc2c(cc1C(C)C)CCC1C(C)(C(=O)O)CCC[C@]21C)C(C)C. The molecule has 1 aromatic rings. The van der Waals surface area contributed by atoms with Crippen LogP contribution in [0, 0.1) is 29.6 Å². The van der Waals surface area contributed by atoms with Gasteiger partial charge in [-0.15, -0.1) is 6.42 Å². The lowest BCUT2D eigenvalue weighted by atomic mass is 9.49. The summed E-state index contributed by atoms with van der Waals surface area (Å²) in [6.07, 6.45) is 9.93. The van der Waals surface area contributed by atoms with Crippen LogP contribution in [0.3, 0.4) is 0 Å². The standard InChI is InChI=1S/C27H37NO3/c1-8-14-31-28-24(18(4)5)21-16-22-19(15-20(21)17(2)3)10-11-23-26(22,6)12-9-13-27(23,7)25(29)30/h1,15-18,23H,9-14H2,2-7H3,(H,29,30)/b28-24+/t23?,26-,27?/m1/s1. The summed E-state index contributed by atoms with van der Waals surface area (Å²) in [5.41, 5.74) is 5.15. The molecule has 0 radical (unpaired) electrons. The van der Waals surface area contributed by atoms with Gasteiger partial charge in [-0.3, -0.25) is 4.79 Å². The van der Waals surface area contributed by atoms with Gasteiger partial charge in [-0.05, 0) is 78.5 Å². The predicted molar refractivity (Wildman–Crippen MR) is 125 cm³/mol. The molecule has 3 atom stereocenters. The molecule has 1 saturated carbocycles.